The van der Waals surface area contributed by atoms with Gasteiger partial charge in [0.05, 0.1) is 0 Å². The van der Waals surface area contributed by atoms with Crippen LogP contribution in [0.3, 0.4) is 0 Å². The highest BCUT2D eigenvalue weighted by Crippen LogP contribution is 2.21. The van der Waals surface area contributed by atoms with E-state index in [1.807, 2.05) is 13.0 Å². The molecule has 0 aromatic rings. The zero-order chi connectivity index (χ0) is 11.8. The molecule has 0 aliphatic heterocycles. The largest absolute Gasteiger partial charge is 0.294 e. The molecule has 80 valence electrons. The van der Waals surface area contributed by atoms with Crippen LogP contribution in [0.1, 0.15) is 19.8 Å². The van der Waals surface area contributed by atoms with Gasteiger partial charge in [-0.2, -0.15) is 0 Å². The Bertz CT molecular complexity index is 332. The van der Waals surface area contributed by atoms with Crippen molar-refractivity contribution in [1.82, 2.24) is 0 Å². The maximum atomic E-state index is 11.3. The monoisotopic (exact) mass is 204 g/mol. The van der Waals surface area contributed by atoms with Gasteiger partial charge in [-0.1, -0.05) is 24.8 Å². The normalized spacial score (nSPS) is 19.3. The van der Waals surface area contributed by atoms with Gasteiger partial charge in [-0.05, 0) is 6.92 Å². The molecule has 2 heteroatoms. The van der Waals surface area contributed by atoms with Crippen molar-refractivity contribution in [2.24, 2.45) is 0 Å². The molecule has 0 aromatic carbocycles. The summed E-state index contributed by atoms with van der Waals surface area (Å²) in [7, 11) is 0. The number of rotatable bonds is 1. The van der Waals surface area contributed by atoms with Gasteiger partial charge in [0.2, 0.25) is 0 Å². The maximum Gasteiger partial charge on any atom is 0.164 e. The Morgan fingerprint density at radius 3 is 2.20 bits per heavy atom. The van der Waals surface area contributed by atoms with Crippen molar-refractivity contribution in [1.29, 1.82) is 0 Å². The minimum absolute atomic E-state index is 0.0164. The van der Waals surface area contributed by atoms with E-state index in [9.17, 15) is 9.59 Å². The van der Waals surface area contributed by atoms with Crippen LogP contribution in [0.15, 0.2) is 49.1 Å². The van der Waals surface area contributed by atoms with Gasteiger partial charge in [0.15, 0.2) is 11.6 Å². The fourth-order valence-corrected chi connectivity index (χ4v) is 1.22. The summed E-state index contributed by atoms with van der Waals surface area (Å²) >= 11 is 0. The van der Waals surface area contributed by atoms with Gasteiger partial charge in [-0.15, -0.1) is 13.2 Å². The fourth-order valence-electron chi connectivity index (χ4n) is 1.22. The van der Waals surface area contributed by atoms with E-state index in [-0.39, 0.29) is 11.6 Å². The summed E-state index contributed by atoms with van der Waals surface area (Å²) in [6, 6.07) is 0. The van der Waals surface area contributed by atoms with E-state index in [0.29, 0.717) is 24.0 Å². The quantitative estimate of drug-likeness (QED) is 0.486. The standard InChI is InChI=1S/C11H12O2.C2H4/c1-3-4-5-9-8(2)10(12)6-7-11(9)13;1-2/h3-5H,2,6-7H2,1H3;1-2H2/b4-3-,9-5+;. The van der Waals surface area contributed by atoms with Gasteiger partial charge < -0.3 is 0 Å². The van der Waals surface area contributed by atoms with Gasteiger partial charge in [0, 0.05) is 24.0 Å². The van der Waals surface area contributed by atoms with E-state index >= 15 is 0 Å². The summed E-state index contributed by atoms with van der Waals surface area (Å²) in [5.41, 5.74) is 0.823. The number of ketones is 2. The van der Waals surface area contributed by atoms with Crippen molar-refractivity contribution in [3.8, 4) is 0 Å². The molecule has 0 amide bonds. The van der Waals surface area contributed by atoms with E-state index in [0.717, 1.165) is 0 Å². The molecule has 0 bridgehead atoms. The van der Waals surface area contributed by atoms with Crippen molar-refractivity contribution in [2.45, 2.75) is 19.8 Å². The van der Waals surface area contributed by atoms with Crippen LogP contribution in [-0.2, 0) is 9.59 Å². The number of hydrogen-bond donors (Lipinski definition) is 0. The zero-order valence-electron chi connectivity index (χ0n) is 9.08. The second-order valence-electron chi connectivity index (χ2n) is 2.93. The van der Waals surface area contributed by atoms with Gasteiger partial charge in [0.1, 0.15) is 0 Å². The van der Waals surface area contributed by atoms with Crippen LogP contribution in [0.2, 0.25) is 0 Å². The fraction of sp³-hybridized carbons (Fsp3) is 0.231. The Hall–Kier alpha value is -1.70. The molecule has 2 nitrogen and oxygen atoms in total. The van der Waals surface area contributed by atoms with Crippen molar-refractivity contribution in [3.63, 3.8) is 0 Å². The Labute approximate surface area is 90.7 Å². The molecule has 15 heavy (non-hydrogen) atoms. The third kappa shape index (κ3) is 3.50. The summed E-state index contributed by atoms with van der Waals surface area (Å²) in [4.78, 5) is 22.5. The summed E-state index contributed by atoms with van der Waals surface area (Å²) < 4.78 is 0. The molecule has 1 saturated carbocycles. The minimum atomic E-state index is -0.0182. The Balaban J connectivity index is 0.000000921. The van der Waals surface area contributed by atoms with Crippen molar-refractivity contribution in [3.05, 3.63) is 49.1 Å². The van der Waals surface area contributed by atoms with Crippen molar-refractivity contribution >= 4 is 11.6 Å². The van der Waals surface area contributed by atoms with Gasteiger partial charge in [0.25, 0.3) is 0 Å². The Morgan fingerprint density at radius 1 is 1.13 bits per heavy atom. The summed E-state index contributed by atoms with van der Waals surface area (Å²) in [6.07, 6.45) is 5.84. The molecule has 0 atom stereocenters. The topological polar surface area (TPSA) is 34.1 Å². The summed E-state index contributed by atoms with van der Waals surface area (Å²) in [5.74, 6) is -0.00180. The molecule has 1 aliphatic rings. The van der Waals surface area contributed by atoms with Crippen LogP contribution < -0.4 is 0 Å². The first-order valence-corrected chi connectivity index (χ1v) is 4.75. The lowest BCUT2D eigenvalue weighted by Crippen LogP contribution is -2.18. The van der Waals surface area contributed by atoms with Crippen LogP contribution >= 0.6 is 0 Å². The lowest BCUT2D eigenvalue weighted by molar-refractivity contribution is -0.122. The van der Waals surface area contributed by atoms with E-state index in [4.69, 9.17) is 0 Å². The number of Topliss-reactive ketones (excluding diaryl/α,β-unsaturated/α-hetero) is 2. The van der Waals surface area contributed by atoms with Crippen LogP contribution in [0.5, 0.6) is 0 Å². The first-order chi connectivity index (χ1) is 7.16. The molecule has 0 radical (unpaired) electrons. The number of allylic oxidation sites excluding steroid dienone is 5. The molecule has 1 aliphatic carbocycles. The number of hydrogen-bond acceptors (Lipinski definition) is 2. The molecule has 0 unspecified atom stereocenters. The molecule has 0 N–H and O–H groups in total. The van der Waals surface area contributed by atoms with Gasteiger partial charge in [-0.3, -0.25) is 9.59 Å². The third-order valence-corrected chi connectivity index (χ3v) is 2.00. The third-order valence-electron chi connectivity index (χ3n) is 2.00. The molecule has 0 heterocycles. The lowest BCUT2D eigenvalue weighted by atomic mass is 9.88. The van der Waals surface area contributed by atoms with Gasteiger partial charge in [-0.25, -0.2) is 0 Å². The van der Waals surface area contributed by atoms with Crippen LogP contribution in [0, 0.1) is 0 Å². The average Bonchev–Trinajstić information content (AvgIpc) is 2.27. The van der Waals surface area contributed by atoms with Crippen LogP contribution in [0.4, 0.5) is 0 Å². The molecule has 1 rings (SSSR count). The average molecular weight is 204 g/mol. The van der Waals surface area contributed by atoms with E-state index in [1.165, 1.54) is 0 Å². The molecule has 0 aromatic heterocycles. The smallest absolute Gasteiger partial charge is 0.164 e. The summed E-state index contributed by atoms with van der Waals surface area (Å²) in [5, 5.41) is 0. The highest BCUT2D eigenvalue weighted by atomic mass is 16.1. The molecule has 1 fully saturated rings. The van der Waals surface area contributed by atoms with Gasteiger partial charge >= 0.3 is 0 Å². The van der Waals surface area contributed by atoms with Crippen molar-refractivity contribution < 1.29 is 9.59 Å². The van der Waals surface area contributed by atoms with E-state index in [2.05, 4.69) is 19.7 Å². The lowest BCUT2D eigenvalue weighted by Gasteiger charge is -2.13. The molecular formula is C13H16O2. The number of carbonyl (C=O) groups is 2. The van der Waals surface area contributed by atoms with E-state index < -0.39 is 0 Å². The van der Waals surface area contributed by atoms with Crippen molar-refractivity contribution in [2.75, 3.05) is 0 Å². The molecular weight excluding hydrogens is 188 g/mol. The van der Waals surface area contributed by atoms with E-state index in [1.54, 1.807) is 12.2 Å². The second-order valence-corrected chi connectivity index (χ2v) is 2.93. The second kappa shape index (κ2) is 6.71. The first-order valence-electron chi connectivity index (χ1n) is 4.75. The maximum absolute atomic E-state index is 11.3. The highest BCUT2D eigenvalue weighted by molar-refractivity contribution is 6.16. The minimum Gasteiger partial charge on any atom is -0.294 e. The Morgan fingerprint density at radius 2 is 1.67 bits per heavy atom. The number of carbonyl (C=O) groups excluding carboxylic acids is 2. The summed E-state index contributed by atoms with van der Waals surface area (Å²) in [6.45, 7) is 11.5. The zero-order valence-corrected chi connectivity index (χ0v) is 9.08. The van der Waals surface area contributed by atoms with Crippen LogP contribution in [0.25, 0.3) is 0 Å². The highest BCUT2D eigenvalue weighted by Gasteiger charge is 2.24. The first kappa shape index (κ1) is 13.3. The van der Waals surface area contributed by atoms with Crippen LogP contribution in [-0.4, -0.2) is 11.6 Å². The predicted molar refractivity (Wildman–Crippen MR) is 62.5 cm³/mol. The SMILES string of the molecule is C=C.C=C1C(=O)CCC(=O)/C1=C/C=C\C. The molecule has 0 saturated heterocycles. The Kier molecular flexibility index (Phi) is 5.95. The molecule has 0 spiro atoms. The predicted octanol–water partition coefficient (Wildman–Crippen LogP) is 2.78.